The third kappa shape index (κ3) is 3.21. The Kier molecular flexibility index (Phi) is 4.67. The van der Waals surface area contributed by atoms with Crippen LogP contribution in [0.5, 0.6) is 11.5 Å². The highest BCUT2D eigenvalue weighted by Crippen LogP contribution is 2.37. The van der Waals surface area contributed by atoms with Gasteiger partial charge in [-0.3, -0.25) is 9.59 Å². The standard InChI is InChI=1S/C23H16BrNO5/c24-17-10-21-20(29-13-30-21)9-14(17)12-28-22(26)11-25-18-7-3-1-5-15(18)23(27)16-6-2-4-8-19(16)25/h1-10H,11-13H2. The number of nitrogens with zero attached hydrogens (tertiary/aromatic N) is 1. The molecule has 150 valence electrons. The number of fused-ring (bicyclic) bond motifs is 3. The van der Waals surface area contributed by atoms with Crippen molar-refractivity contribution in [1.82, 2.24) is 4.57 Å². The van der Waals surface area contributed by atoms with Crippen molar-refractivity contribution in [3.05, 3.63) is 80.9 Å². The molecule has 6 nitrogen and oxygen atoms in total. The number of pyridine rings is 1. The number of halogens is 1. The lowest BCUT2D eigenvalue weighted by molar-refractivity contribution is -0.145. The van der Waals surface area contributed by atoms with Gasteiger partial charge >= 0.3 is 5.97 Å². The van der Waals surface area contributed by atoms with Crippen LogP contribution >= 0.6 is 15.9 Å². The first-order chi connectivity index (χ1) is 14.6. The molecule has 1 aromatic heterocycles. The summed E-state index contributed by atoms with van der Waals surface area (Å²) in [4.78, 5) is 25.5. The molecule has 0 unspecified atom stereocenters. The van der Waals surface area contributed by atoms with Gasteiger partial charge in [0, 0.05) is 20.8 Å². The van der Waals surface area contributed by atoms with Crippen LogP contribution in [-0.4, -0.2) is 17.3 Å². The van der Waals surface area contributed by atoms with Crippen molar-refractivity contribution in [2.24, 2.45) is 0 Å². The van der Waals surface area contributed by atoms with Crippen LogP contribution in [0.15, 0.2) is 69.9 Å². The number of para-hydroxylation sites is 2. The third-order valence-electron chi connectivity index (χ3n) is 5.10. The second-order valence-electron chi connectivity index (χ2n) is 6.91. The summed E-state index contributed by atoms with van der Waals surface area (Å²) in [7, 11) is 0. The van der Waals surface area contributed by atoms with Crippen LogP contribution in [-0.2, 0) is 22.7 Å². The SMILES string of the molecule is O=C(Cn1c2ccccc2c(=O)c2ccccc21)OCc1cc2c(cc1Br)OCO2. The Balaban J connectivity index is 1.45. The van der Waals surface area contributed by atoms with Crippen molar-refractivity contribution in [3.8, 4) is 11.5 Å². The molecular weight excluding hydrogens is 450 g/mol. The number of hydrogen-bond donors (Lipinski definition) is 0. The van der Waals surface area contributed by atoms with Crippen molar-refractivity contribution in [3.63, 3.8) is 0 Å². The first kappa shape index (κ1) is 18.7. The van der Waals surface area contributed by atoms with Crippen molar-refractivity contribution >= 4 is 43.7 Å². The van der Waals surface area contributed by atoms with Gasteiger partial charge in [-0.2, -0.15) is 0 Å². The predicted molar refractivity (Wildman–Crippen MR) is 116 cm³/mol. The van der Waals surface area contributed by atoms with E-state index in [4.69, 9.17) is 14.2 Å². The summed E-state index contributed by atoms with van der Waals surface area (Å²) in [5.74, 6) is 0.878. The maximum atomic E-state index is 12.8. The monoisotopic (exact) mass is 465 g/mol. The molecule has 0 spiro atoms. The molecule has 1 aliphatic rings. The van der Waals surface area contributed by atoms with Crippen molar-refractivity contribution in [1.29, 1.82) is 0 Å². The second-order valence-corrected chi connectivity index (χ2v) is 7.76. The topological polar surface area (TPSA) is 66.8 Å². The van der Waals surface area contributed by atoms with Gasteiger partial charge in [-0.05, 0) is 36.4 Å². The maximum absolute atomic E-state index is 12.8. The largest absolute Gasteiger partial charge is 0.459 e. The number of rotatable bonds is 4. The number of benzene rings is 3. The van der Waals surface area contributed by atoms with Gasteiger partial charge in [-0.1, -0.05) is 40.2 Å². The number of carbonyl (C=O) groups is 1. The second kappa shape index (κ2) is 7.50. The van der Waals surface area contributed by atoms with E-state index in [2.05, 4.69) is 15.9 Å². The van der Waals surface area contributed by atoms with E-state index in [-0.39, 0.29) is 25.4 Å². The average Bonchev–Trinajstić information content (AvgIpc) is 3.22. The Morgan fingerprint density at radius 3 is 2.23 bits per heavy atom. The zero-order chi connectivity index (χ0) is 20.7. The van der Waals surface area contributed by atoms with E-state index in [1.807, 2.05) is 41.0 Å². The van der Waals surface area contributed by atoms with Gasteiger partial charge in [0.2, 0.25) is 6.79 Å². The molecule has 1 aliphatic heterocycles. The van der Waals surface area contributed by atoms with Crippen LogP contribution in [0.3, 0.4) is 0 Å². The first-order valence-electron chi connectivity index (χ1n) is 9.36. The van der Waals surface area contributed by atoms with Crippen LogP contribution < -0.4 is 14.9 Å². The molecule has 0 amide bonds. The van der Waals surface area contributed by atoms with E-state index in [9.17, 15) is 9.59 Å². The Hall–Kier alpha value is -3.32. The van der Waals surface area contributed by atoms with Gasteiger partial charge in [0.15, 0.2) is 16.9 Å². The quantitative estimate of drug-likeness (QED) is 0.330. The fourth-order valence-corrected chi connectivity index (χ4v) is 4.09. The zero-order valence-corrected chi connectivity index (χ0v) is 17.3. The molecular formula is C23H16BrNO5. The highest BCUT2D eigenvalue weighted by molar-refractivity contribution is 9.10. The van der Waals surface area contributed by atoms with Gasteiger partial charge in [-0.15, -0.1) is 0 Å². The summed E-state index contributed by atoms with van der Waals surface area (Å²) in [6.45, 7) is 0.257. The number of esters is 1. The minimum absolute atomic E-state index is 0.0104. The minimum atomic E-state index is -0.404. The fourth-order valence-electron chi connectivity index (χ4n) is 3.65. The van der Waals surface area contributed by atoms with Crippen LogP contribution in [0.2, 0.25) is 0 Å². The normalized spacial score (nSPS) is 12.4. The third-order valence-corrected chi connectivity index (χ3v) is 5.83. The van der Waals surface area contributed by atoms with Crippen molar-refractivity contribution < 1.29 is 19.0 Å². The van der Waals surface area contributed by atoms with Crippen LogP contribution in [0.4, 0.5) is 0 Å². The number of hydrogen-bond acceptors (Lipinski definition) is 5. The van der Waals surface area contributed by atoms with Crippen LogP contribution in [0, 0.1) is 0 Å². The highest BCUT2D eigenvalue weighted by Gasteiger charge is 2.18. The van der Waals surface area contributed by atoms with Gasteiger partial charge in [0.1, 0.15) is 13.2 Å². The first-order valence-corrected chi connectivity index (χ1v) is 10.1. The molecule has 5 rings (SSSR count). The Labute approximate surface area is 179 Å². The lowest BCUT2D eigenvalue weighted by Crippen LogP contribution is -2.18. The number of aromatic nitrogens is 1. The average molecular weight is 466 g/mol. The predicted octanol–water partition coefficient (Wildman–Crippen LogP) is 4.39. The van der Waals surface area contributed by atoms with Crippen LogP contribution in [0.1, 0.15) is 5.56 Å². The molecule has 0 bridgehead atoms. The molecule has 4 aromatic rings. The van der Waals surface area contributed by atoms with Gasteiger partial charge in [0.25, 0.3) is 0 Å². The summed E-state index contributed by atoms with van der Waals surface area (Å²) in [6, 6.07) is 18.2. The van der Waals surface area contributed by atoms with E-state index in [0.29, 0.717) is 33.3 Å². The number of ether oxygens (including phenoxy) is 3. The van der Waals surface area contributed by atoms with E-state index in [1.165, 1.54) is 0 Å². The molecule has 0 fully saturated rings. The molecule has 0 saturated heterocycles. The van der Waals surface area contributed by atoms with Gasteiger partial charge in [-0.25, -0.2) is 0 Å². The Bertz CT molecular complexity index is 1300. The minimum Gasteiger partial charge on any atom is -0.459 e. The summed E-state index contributed by atoms with van der Waals surface area (Å²) in [6.07, 6.45) is 0. The van der Waals surface area contributed by atoms with Crippen LogP contribution in [0.25, 0.3) is 21.8 Å². The smallest absolute Gasteiger partial charge is 0.326 e. The summed E-state index contributed by atoms with van der Waals surface area (Å²) in [5, 5.41) is 1.14. The molecule has 0 saturated carbocycles. The molecule has 0 radical (unpaired) electrons. The van der Waals surface area contributed by atoms with E-state index in [0.717, 1.165) is 10.0 Å². The highest BCUT2D eigenvalue weighted by atomic mass is 79.9. The molecule has 0 aliphatic carbocycles. The lowest BCUT2D eigenvalue weighted by atomic mass is 10.1. The molecule has 30 heavy (non-hydrogen) atoms. The summed E-state index contributed by atoms with van der Waals surface area (Å²) >= 11 is 3.47. The van der Waals surface area contributed by atoms with Gasteiger partial charge < -0.3 is 18.8 Å². The lowest BCUT2D eigenvalue weighted by Gasteiger charge is -2.15. The fraction of sp³-hybridized carbons (Fsp3) is 0.130. The summed E-state index contributed by atoms with van der Waals surface area (Å²) in [5.41, 5.74) is 2.13. The van der Waals surface area contributed by atoms with Crippen molar-refractivity contribution in [2.75, 3.05) is 6.79 Å². The Morgan fingerprint density at radius 1 is 0.967 bits per heavy atom. The van der Waals surface area contributed by atoms with E-state index >= 15 is 0 Å². The molecule has 3 aromatic carbocycles. The molecule has 2 heterocycles. The van der Waals surface area contributed by atoms with E-state index in [1.54, 1.807) is 24.3 Å². The number of carbonyl (C=O) groups excluding carboxylic acids is 1. The molecule has 0 N–H and O–H groups in total. The zero-order valence-electron chi connectivity index (χ0n) is 15.8. The molecule has 7 heteroatoms. The summed E-state index contributed by atoms with van der Waals surface area (Å²) < 4.78 is 18.9. The van der Waals surface area contributed by atoms with E-state index < -0.39 is 5.97 Å². The van der Waals surface area contributed by atoms with Gasteiger partial charge in [0.05, 0.1) is 11.0 Å². The Morgan fingerprint density at radius 2 is 1.57 bits per heavy atom. The maximum Gasteiger partial charge on any atom is 0.326 e. The van der Waals surface area contributed by atoms with Crippen molar-refractivity contribution in [2.45, 2.75) is 13.2 Å². The molecule has 0 atom stereocenters.